The molecule has 0 bridgehead atoms. The van der Waals surface area contributed by atoms with E-state index in [4.69, 9.17) is 32.7 Å². The van der Waals surface area contributed by atoms with Gasteiger partial charge in [-0.2, -0.15) is 0 Å². The number of amides is 2. The fraction of sp³-hybridized carbons (Fsp3) is 0.440. The normalized spacial score (nSPS) is 14.5. The summed E-state index contributed by atoms with van der Waals surface area (Å²) in [5.41, 5.74) is 0.786. The lowest BCUT2D eigenvalue weighted by Gasteiger charge is -2.31. The molecule has 2 aromatic rings. The molecule has 0 aliphatic heterocycles. The lowest BCUT2D eigenvalue weighted by atomic mass is 10.1. The zero-order valence-corrected chi connectivity index (χ0v) is 20.5. The van der Waals surface area contributed by atoms with Crippen molar-refractivity contribution in [1.82, 2.24) is 10.2 Å². The molecule has 0 aromatic heterocycles. The highest BCUT2D eigenvalue weighted by Crippen LogP contribution is 2.25. The number of carbonyl (C=O) groups is 2. The number of rotatable bonds is 10. The van der Waals surface area contributed by atoms with Crippen molar-refractivity contribution in [3.05, 3.63) is 58.1 Å². The van der Waals surface area contributed by atoms with Crippen LogP contribution in [0.3, 0.4) is 0 Å². The number of benzene rings is 2. The first-order chi connectivity index (χ1) is 15.9. The maximum Gasteiger partial charge on any atom is 0.261 e. The zero-order valence-electron chi connectivity index (χ0n) is 19.0. The summed E-state index contributed by atoms with van der Waals surface area (Å²) in [5.74, 6) is 0.819. The fourth-order valence-corrected chi connectivity index (χ4v) is 4.34. The van der Waals surface area contributed by atoms with Gasteiger partial charge in [0.15, 0.2) is 6.61 Å². The molecule has 0 saturated heterocycles. The van der Waals surface area contributed by atoms with Crippen molar-refractivity contribution in [1.29, 1.82) is 0 Å². The Hall–Kier alpha value is -2.44. The molecular formula is C25H30Cl2N2O4. The van der Waals surface area contributed by atoms with E-state index >= 15 is 0 Å². The van der Waals surface area contributed by atoms with Crippen LogP contribution in [0.15, 0.2) is 42.5 Å². The minimum Gasteiger partial charge on any atom is -0.497 e. The van der Waals surface area contributed by atoms with E-state index in [9.17, 15) is 9.59 Å². The molecule has 3 rings (SSSR count). The second kappa shape index (κ2) is 12.1. The molecule has 1 unspecified atom stereocenters. The van der Waals surface area contributed by atoms with Crippen molar-refractivity contribution < 1.29 is 19.1 Å². The average Bonchev–Trinajstić information content (AvgIpc) is 3.33. The van der Waals surface area contributed by atoms with E-state index in [1.807, 2.05) is 6.92 Å². The van der Waals surface area contributed by atoms with E-state index in [0.717, 1.165) is 31.2 Å². The molecule has 1 N–H and O–H groups in total. The summed E-state index contributed by atoms with van der Waals surface area (Å²) in [5, 5.41) is 3.96. The summed E-state index contributed by atoms with van der Waals surface area (Å²) in [6.07, 6.45) is 4.66. The van der Waals surface area contributed by atoms with Gasteiger partial charge in [0.1, 0.15) is 17.5 Å². The molecule has 1 aliphatic carbocycles. The number of methoxy groups -OCH3 is 1. The summed E-state index contributed by atoms with van der Waals surface area (Å²) in [6, 6.07) is 11.8. The largest absolute Gasteiger partial charge is 0.497 e. The van der Waals surface area contributed by atoms with Crippen LogP contribution >= 0.6 is 23.2 Å². The highest BCUT2D eigenvalue weighted by atomic mass is 35.5. The second-order valence-corrected chi connectivity index (χ2v) is 8.96. The van der Waals surface area contributed by atoms with Crippen LogP contribution in [0, 0.1) is 0 Å². The van der Waals surface area contributed by atoms with Gasteiger partial charge in [-0.15, -0.1) is 0 Å². The first kappa shape index (κ1) is 25.2. The van der Waals surface area contributed by atoms with Crippen LogP contribution in [-0.2, 0) is 16.1 Å². The summed E-state index contributed by atoms with van der Waals surface area (Å²) in [6.45, 7) is 1.93. The summed E-state index contributed by atoms with van der Waals surface area (Å²) < 4.78 is 10.9. The van der Waals surface area contributed by atoms with Gasteiger partial charge in [0.2, 0.25) is 5.91 Å². The van der Waals surface area contributed by atoms with Crippen LogP contribution in [-0.4, -0.2) is 42.5 Å². The van der Waals surface area contributed by atoms with Crippen molar-refractivity contribution in [3.63, 3.8) is 0 Å². The Balaban J connectivity index is 1.76. The molecule has 0 spiro atoms. The van der Waals surface area contributed by atoms with Crippen molar-refractivity contribution in [2.45, 2.75) is 57.7 Å². The quantitative estimate of drug-likeness (QED) is 0.491. The van der Waals surface area contributed by atoms with Gasteiger partial charge in [-0.1, -0.05) is 49.0 Å². The molecule has 2 aromatic carbocycles. The molecule has 1 atom stereocenters. The first-order valence-corrected chi connectivity index (χ1v) is 12.0. The second-order valence-electron chi connectivity index (χ2n) is 8.15. The smallest absolute Gasteiger partial charge is 0.261 e. The van der Waals surface area contributed by atoms with E-state index in [0.29, 0.717) is 28.0 Å². The highest BCUT2D eigenvalue weighted by Gasteiger charge is 2.31. The number of nitrogens with one attached hydrogen (secondary N) is 1. The van der Waals surface area contributed by atoms with E-state index in [1.54, 1.807) is 54.5 Å². The molecule has 1 fully saturated rings. The monoisotopic (exact) mass is 492 g/mol. The van der Waals surface area contributed by atoms with E-state index in [2.05, 4.69) is 5.32 Å². The minimum absolute atomic E-state index is 0.137. The van der Waals surface area contributed by atoms with Crippen molar-refractivity contribution in [2.24, 2.45) is 0 Å². The Kier molecular flexibility index (Phi) is 9.27. The van der Waals surface area contributed by atoms with Gasteiger partial charge in [-0.05, 0) is 61.2 Å². The fourth-order valence-electron chi connectivity index (χ4n) is 4.02. The standard InChI is InChI=1S/C25H30Cl2N2O4/c1-3-23(25(31)28-18-6-4-5-7-18)29(15-17-8-13-21(26)22(27)14-17)24(30)16-33-20-11-9-19(32-2)10-12-20/h8-14,18,23H,3-7,15-16H2,1-2H3,(H,28,31). The number of halogens is 2. The van der Waals surface area contributed by atoms with Gasteiger partial charge in [0, 0.05) is 12.6 Å². The topological polar surface area (TPSA) is 67.9 Å². The molecule has 6 nitrogen and oxygen atoms in total. The van der Waals surface area contributed by atoms with Gasteiger partial charge in [-0.25, -0.2) is 0 Å². The van der Waals surface area contributed by atoms with Crippen LogP contribution in [0.2, 0.25) is 10.0 Å². The van der Waals surface area contributed by atoms with Crippen LogP contribution < -0.4 is 14.8 Å². The molecule has 0 heterocycles. The summed E-state index contributed by atoms with van der Waals surface area (Å²) in [4.78, 5) is 28.0. The van der Waals surface area contributed by atoms with Gasteiger partial charge < -0.3 is 19.7 Å². The lowest BCUT2D eigenvalue weighted by Crippen LogP contribution is -2.52. The van der Waals surface area contributed by atoms with Gasteiger partial charge >= 0.3 is 0 Å². The van der Waals surface area contributed by atoms with E-state index < -0.39 is 6.04 Å². The zero-order chi connectivity index (χ0) is 23.8. The third-order valence-electron chi connectivity index (χ3n) is 5.85. The van der Waals surface area contributed by atoms with E-state index in [-0.39, 0.29) is 31.0 Å². The molecule has 1 aliphatic rings. The number of ether oxygens (including phenoxy) is 2. The van der Waals surface area contributed by atoms with Crippen molar-refractivity contribution in [2.75, 3.05) is 13.7 Å². The Morgan fingerprint density at radius 1 is 1.06 bits per heavy atom. The molecular weight excluding hydrogens is 463 g/mol. The lowest BCUT2D eigenvalue weighted by molar-refractivity contribution is -0.143. The number of nitrogens with zero attached hydrogens (tertiary/aromatic N) is 1. The summed E-state index contributed by atoms with van der Waals surface area (Å²) in [7, 11) is 1.59. The number of carbonyl (C=O) groups excluding carboxylic acids is 2. The van der Waals surface area contributed by atoms with Crippen LogP contribution in [0.5, 0.6) is 11.5 Å². The molecule has 2 amide bonds. The van der Waals surface area contributed by atoms with Crippen LogP contribution in [0.1, 0.15) is 44.6 Å². The minimum atomic E-state index is -0.618. The average molecular weight is 493 g/mol. The Labute approximate surface area is 205 Å². The van der Waals surface area contributed by atoms with Gasteiger partial charge in [-0.3, -0.25) is 9.59 Å². The molecule has 33 heavy (non-hydrogen) atoms. The number of hydrogen-bond acceptors (Lipinski definition) is 4. The predicted molar refractivity (Wildman–Crippen MR) is 130 cm³/mol. The Bertz CT molecular complexity index is 946. The SMILES string of the molecule is CCC(C(=O)NC1CCCC1)N(Cc1ccc(Cl)c(Cl)c1)C(=O)COc1ccc(OC)cc1. The molecule has 178 valence electrons. The molecule has 8 heteroatoms. The van der Waals surface area contributed by atoms with Crippen LogP contribution in [0.4, 0.5) is 0 Å². The van der Waals surface area contributed by atoms with Gasteiger partial charge in [0.05, 0.1) is 17.2 Å². The molecule has 0 radical (unpaired) electrons. The molecule has 1 saturated carbocycles. The van der Waals surface area contributed by atoms with E-state index in [1.165, 1.54) is 0 Å². The first-order valence-electron chi connectivity index (χ1n) is 11.2. The maximum absolute atomic E-state index is 13.3. The van der Waals surface area contributed by atoms with Crippen molar-refractivity contribution in [3.8, 4) is 11.5 Å². The number of hydrogen-bond donors (Lipinski definition) is 1. The van der Waals surface area contributed by atoms with Crippen molar-refractivity contribution >= 4 is 35.0 Å². The maximum atomic E-state index is 13.3. The van der Waals surface area contributed by atoms with Gasteiger partial charge in [0.25, 0.3) is 5.91 Å². The predicted octanol–water partition coefficient (Wildman–Crippen LogP) is 5.25. The Morgan fingerprint density at radius 3 is 2.33 bits per heavy atom. The Morgan fingerprint density at radius 2 is 1.73 bits per heavy atom. The third-order valence-corrected chi connectivity index (χ3v) is 6.59. The highest BCUT2D eigenvalue weighted by molar-refractivity contribution is 6.42. The van der Waals surface area contributed by atoms with Crippen LogP contribution in [0.25, 0.3) is 0 Å². The summed E-state index contributed by atoms with van der Waals surface area (Å²) >= 11 is 12.2. The third kappa shape index (κ3) is 7.02.